The molecule has 0 bridgehead atoms. The quantitative estimate of drug-likeness (QED) is 0.789. The first-order chi connectivity index (χ1) is 11.4. The molecule has 10 heteroatoms. The Kier molecular flexibility index (Phi) is 3.22. The van der Waals surface area contributed by atoms with Gasteiger partial charge in [0.1, 0.15) is 11.8 Å². The van der Waals surface area contributed by atoms with Gasteiger partial charge in [-0.2, -0.15) is 13.2 Å². The Hall–Kier alpha value is -2.65. The Morgan fingerprint density at radius 2 is 2.08 bits per heavy atom. The summed E-state index contributed by atoms with van der Waals surface area (Å²) in [5.41, 5.74) is 7.43. The van der Waals surface area contributed by atoms with E-state index in [0.29, 0.717) is 5.92 Å². The second-order valence-electron chi connectivity index (χ2n) is 5.83. The van der Waals surface area contributed by atoms with Crippen molar-refractivity contribution in [2.24, 2.45) is 0 Å². The number of rotatable bonds is 3. The van der Waals surface area contributed by atoms with Crippen LogP contribution in [0.1, 0.15) is 42.3 Å². The van der Waals surface area contributed by atoms with Gasteiger partial charge in [0.2, 0.25) is 5.82 Å². The van der Waals surface area contributed by atoms with Crippen molar-refractivity contribution in [1.82, 2.24) is 24.7 Å². The van der Waals surface area contributed by atoms with E-state index in [2.05, 4.69) is 20.1 Å². The van der Waals surface area contributed by atoms with Gasteiger partial charge in [-0.25, -0.2) is 15.0 Å². The molecule has 0 saturated heterocycles. The molecule has 7 nitrogen and oxygen atoms in total. The fraction of sp³-hybridized carbons (Fsp3) is 0.429. The molecule has 0 atom stereocenters. The number of fused-ring (bicyclic) bond motifs is 1. The first kappa shape index (κ1) is 14.9. The lowest BCUT2D eigenvalue weighted by Crippen LogP contribution is -2.14. The molecule has 0 aromatic carbocycles. The summed E-state index contributed by atoms with van der Waals surface area (Å²) in [6.07, 6.45) is 1.45. The van der Waals surface area contributed by atoms with Crippen molar-refractivity contribution in [3.8, 4) is 0 Å². The minimum absolute atomic E-state index is 0.0376. The number of aromatic nitrogens is 5. The molecule has 3 aromatic heterocycles. The molecule has 3 heterocycles. The van der Waals surface area contributed by atoms with Crippen LogP contribution in [0.25, 0.3) is 11.2 Å². The molecule has 0 amide bonds. The number of nitrogen functional groups attached to an aromatic ring is 1. The van der Waals surface area contributed by atoms with E-state index in [4.69, 9.17) is 10.3 Å². The van der Waals surface area contributed by atoms with Crippen LogP contribution < -0.4 is 5.73 Å². The highest BCUT2D eigenvalue weighted by molar-refractivity contribution is 5.81. The van der Waals surface area contributed by atoms with Crippen LogP contribution in [0.4, 0.5) is 19.0 Å². The number of hydrogen-bond acceptors (Lipinski definition) is 6. The minimum atomic E-state index is -4.67. The minimum Gasteiger partial charge on any atom is -0.382 e. The van der Waals surface area contributed by atoms with Gasteiger partial charge in [0.25, 0.3) is 0 Å². The number of nitrogens with two attached hydrogens (primary N) is 1. The number of halogens is 3. The summed E-state index contributed by atoms with van der Waals surface area (Å²) < 4.78 is 45.2. The largest absolute Gasteiger partial charge is 0.451 e. The molecule has 2 N–H and O–H groups in total. The smallest absolute Gasteiger partial charge is 0.382 e. The van der Waals surface area contributed by atoms with Gasteiger partial charge in [-0.05, 0) is 12.8 Å². The number of nitrogens with zero attached hydrogens (tertiary/aromatic N) is 5. The molecule has 0 radical (unpaired) electrons. The summed E-state index contributed by atoms with van der Waals surface area (Å²) >= 11 is 0. The van der Waals surface area contributed by atoms with Crippen molar-refractivity contribution >= 4 is 17.0 Å². The second kappa shape index (κ2) is 5.18. The van der Waals surface area contributed by atoms with Gasteiger partial charge in [-0.15, -0.1) is 0 Å². The molecule has 4 rings (SSSR count). The molecule has 126 valence electrons. The Balaban J connectivity index is 1.75. The second-order valence-corrected chi connectivity index (χ2v) is 5.83. The normalized spacial score (nSPS) is 15.8. The van der Waals surface area contributed by atoms with Crippen LogP contribution in [0.3, 0.4) is 0 Å². The predicted molar refractivity (Wildman–Crippen MR) is 76.9 cm³/mol. The number of hydrogen-bond donors (Lipinski definition) is 1. The Morgan fingerprint density at radius 3 is 2.75 bits per heavy atom. The van der Waals surface area contributed by atoms with Gasteiger partial charge in [-0.1, -0.05) is 11.6 Å². The zero-order valence-electron chi connectivity index (χ0n) is 12.4. The fourth-order valence-electron chi connectivity index (χ4n) is 2.79. The van der Waals surface area contributed by atoms with Crippen molar-refractivity contribution in [2.75, 3.05) is 5.73 Å². The van der Waals surface area contributed by atoms with Gasteiger partial charge in [-0.3, -0.25) is 0 Å². The lowest BCUT2D eigenvalue weighted by atomic mass is 9.81. The van der Waals surface area contributed by atoms with E-state index >= 15 is 0 Å². The van der Waals surface area contributed by atoms with Crippen LogP contribution in [0.2, 0.25) is 0 Å². The molecule has 0 unspecified atom stereocenters. The molecule has 3 aromatic rings. The molecular weight excluding hydrogens is 325 g/mol. The standard InChI is InChI=1S/C14H13F3N6O/c15-14(16,17)13-20-11(18)10-12(21-13)23(6-19-10)4-8-5-24-22-9(8)7-2-1-3-7/h5-7H,1-4H2,(H2,18,20,21). The average Bonchev–Trinajstić information content (AvgIpc) is 3.05. The van der Waals surface area contributed by atoms with Gasteiger partial charge in [0.05, 0.1) is 18.6 Å². The highest BCUT2D eigenvalue weighted by Gasteiger charge is 2.36. The maximum atomic E-state index is 12.9. The van der Waals surface area contributed by atoms with Crippen molar-refractivity contribution in [3.05, 3.63) is 29.7 Å². The monoisotopic (exact) mass is 338 g/mol. The topological polar surface area (TPSA) is 95.7 Å². The Labute approximate surface area is 133 Å². The summed E-state index contributed by atoms with van der Waals surface area (Å²) in [5.74, 6) is -1.23. The predicted octanol–water partition coefficient (Wildman–Crippen LogP) is 2.73. The maximum absolute atomic E-state index is 12.9. The molecule has 24 heavy (non-hydrogen) atoms. The third kappa shape index (κ3) is 2.38. The zero-order valence-corrected chi connectivity index (χ0v) is 12.4. The van der Waals surface area contributed by atoms with E-state index in [1.807, 2.05) is 0 Å². The summed E-state index contributed by atoms with van der Waals surface area (Å²) in [6.45, 7) is 0.263. The Bertz CT molecular complexity index is 896. The van der Waals surface area contributed by atoms with Gasteiger partial charge in [0, 0.05) is 11.5 Å². The number of alkyl halides is 3. The van der Waals surface area contributed by atoms with Crippen LogP contribution in [0.15, 0.2) is 17.1 Å². The van der Waals surface area contributed by atoms with Crippen LogP contribution in [0.5, 0.6) is 0 Å². The van der Waals surface area contributed by atoms with Gasteiger partial charge in [0.15, 0.2) is 11.5 Å². The lowest BCUT2D eigenvalue weighted by molar-refractivity contribution is -0.144. The van der Waals surface area contributed by atoms with Crippen LogP contribution in [-0.2, 0) is 12.7 Å². The number of imidazole rings is 1. The zero-order chi connectivity index (χ0) is 16.9. The average molecular weight is 338 g/mol. The summed E-state index contributed by atoms with van der Waals surface area (Å²) in [7, 11) is 0. The molecule has 0 spiro atoms. The van der Waals surface area contributed by atoms with Gasteiger partial charge < -0.3 is 14.8 Å². The van der Waals surface area contributed by atoms with E-state index in [1.54, 1.807) is 0 Å². The van der Waals surface area contributed by atoms with Crippen molar-refractivity contribution in [2.45, 2.75) is 37.9 Å². The maximum Gasteiger partial charge on any atom is 0.451 e. The highest BCUT2D eigenvalue weighted by atomic mass is 19.4. The van der Waals surface area contributed by atoms with Crippen molar-refractivity contribution < 1.29 is 17.7 Å². The summed E-state index contributed by atoms with van der Waals surface area (Å²) in [5, 5.41) is 4.03. The summed E-state index contributed by atoms with van der Waals surface area (Å²) in [4.78, 5) is 10.9. The fourth-order valence-corrected chi connectivity index (χ4v) is 2.79. The molecule has 1 aliphatic rings. The van der Waals surface area contributed by atoms with Crippen LogP contribution in [0, 0.1) is 0 Å². The lowest BCUT2D eigenvalue weighted by Gasteiger charge is -2.23. The summed E-state index contributed by atoms with van der Waals surface area (Å²) in [6, 6.07) is 0. The van der Waals surface area contributed by atoms with E-state index in [-0.39, 0.29) is 23.5 Å². The van der Waals surface area contributed by atoms with E-state index in [9.17, 15) is 13.2 Å². The third-order valence-corrected chi connectivity index (χ3v) is 4.25. The highest BCUT2D eigenvalue weighted by Crippen LogP contribution is 2.37. The molecule has 1 saturated carbocycles. The van der Waals surface area contributed by atoms with Crippen molar-refractivity contribution in [3.63, 3.8) is 0 Å². The van der Waals surface area contributed by atoms with Crippen molar-refractivity contribution in [1.29, 1.82) is 0 Å². The van der Waals surface area contributed by atoms with E-state index < -0.39 is 12.0 Å². The van der Waals surface area contributed by atoms with Crippen LogP contribution in [-0.4, -0.2) is 24.7 Å². The number of anilines is 1. The molecule has 0 aliphatic heterocycles. The molecular formula is C14H13F3N6O. The Morgan fingerprint density at radius 1 is 1.29 bits per heavy atom. The molecule has 1 aliphatic carbocycles. The van der Waals surface area contributed by atoms with E-state index in [0.717, 1.165) is 30.5 Å². The van der Waals surface area contributed by atoms with Gasteiger partial charge >= 0.3 is 6.18 Å². The SMILES string of the molecule is Nc1nc(C(F)(F)F)nc2c1ncn2Cc1conc1C1CCC1. The van der Waals surface area contributed by atoms with E-state index in [1.165, 1.54) is 17.2 Å². The van der Waals surface area contributed by atoms with Crippen LogP contribution >= 0.6 is 0 Å². The third-order valence-electron chi connectivity index (χ3n) is 4.25. The molecule has 1 fully saturated rings. The first-order valence-corrected chi connectivity index (χ1v) is 7.42. The first-order valence-electron chi connectivity index (χ1n) is 7.42.